The first-order valence-electron chi connectivity index (χ1n) is 11.4. The Labute approximate surface area is 198 Å². The lowest BCUT2D eigenvalue weighted by Gasteiger charge is -2.34. The number of anilines is 1. The smallest absolute Gasteiger partial charge is 0.263 e. The summed E-state index contributed by atoms with van der Waals surface area (Å²) in [6, 6.07) is 15.4. The lowest BCUT2D eigenvalue weighted by Crippen LogP contribution is -2.52. The van der Waals surface area contributed by atoms with Crippen molar-refractivity contribution in [1.82, 2.24) is 10.3 Å². The third-order valence-corrected chi connectivity index (χ3v) is 6.70. The van der Waals surface area contributed by atoms with Crippen LogP contribution in [0.25, 0.3) is 11.3 Å². The number of hydrogen-bond acceptors (Lipinski definition) is 5. The molecular formula is C26H29N3O3S. The quantitative estimate of drug-likeness (QED) is 0.548. The first kappa shape index (κ1) is 23.0. The van der Waals surface area contributed by atoms with Gasteiger partial charge in [0.25, 0.3) is 5.91 Å². The molecule has 1 aliphatic rings. The number of nitrogens with zero attached hydrogens (tertiary/aromatic N) is 2. The number of benzene rings is 2. The molecule has 1 N–H and O–H groups in total. The number of aryl methyl sites for hydroxylation is 1. The van der Waals surface area contributed by atoms with Crippen molar-refractivity contribution in [1.29, 1.82) is 0 Å². The number of aromatic nitrogens is 1. The van der Waals surface area contributed by atoms with Crippen molar-refractivity contribution in [2.45, 2.75) is 52.2 Å². The van der Waals surface area contributed by atoms with Crippen LogP contribution < -0.4 is 15.0 Å². The maximum Gasteiger partial charge on any atom is 0.263 e. The SMILES string of the molecule is CCC(CC)NC(=O)C1CN(C(=O)Cc2ccc(-c3csc(C)n3)cc2)c2ccccc2O1. The van der Waals surface area contributed by atoms with Crippen LogP contribution in [0.4, 0.5) is 5.69 Å². The van der Waals surface area contributed by atoms with Crippen molar-refractivity contribution in [3.05, 3.63) is 64.5 Å². The summed E-state index contributed by atoms with van der Waals surface area (Å²) >= 11 is 1.62. The van der Waals surface area contributed by atoms with Gasteiger partial charge in [-0.1, -0.05) is 50.2 Å². The molecular weight excluding hydrogens is 434 g/mol. The molecule has 0 radical (unpaired) electrons. The molecule has 33 heavy (non-hydrogen) atoms. The van der Waals surface area contributed by atoms with E-state index in [0.717, 1.165) is 34.7 Å². The summed E-state index contributed by atoms with van der Waals surface area (Å²) in [5.74, 6) is 0.304. The molecule has 1 aromatic heterocycles. The molecule has 1 unspecified atom stereocenters. The van der Waals surface area contributed by atoms with Gasteiger partial charge in [0, 0.05) is 17.0 Å². The average molecular weight is 464 g/mol. The Hall–Kier alpha value is -3.19. The van der Waals surface area contributed by atoms with E-state index >= 15 is 0 Å². The third-order valence-electron chi connectivity index (χ3n) is 5.92. The van der Waals surface area contributed by atoms with Gasteiger partial charge in [-0.15, -0.1) is 11.3 Å². The van der Waals surface area contributed by atoms with Gasteiger partial charge in [-0.3, -0.25) is 9.59 Å². The first-order valence-corrected chi connectivity index (χ1v) is 12.2. The maximum atomic E-state index is 13.3. The Bertz CT molecular complexity index is 1120. The highest BCUT2D eigenvalue weighted by molar-refractivity contribution is 7.09. The second-order valence-corrected chi connectivity index (χ2v) is 9.29. The van der Waals surface area contributed by atoms with Gasteiger partial charge in [0.2, 0.25) is 5.91 Å². The molecule has 6 nitrogen and oxygen atoms in total. The molecule has 2 amide bonds. The molecule has 2 aromatic carbocycles. The van der Waals surface area contributed by atoms with Gasteiger partial charge in [-0.2, -0.15) is 0 Å². The van der Waals surface area contributed by atoms with E-state index in [1.165, 1.54) is 0 Å². The number of hydrogen-bond donors (Lipinski definition) is 1. The van der Waals surface area contributed by atoms with Crippen LogP contribution in [0.3, 0.4) is 0 Å². The lowest BCUT2D eigenvalue weighted by atomic mass is 10.1. The van der Waals surface area contributed by atoms with Gasteiger partial charge in [-0.25, -0.2) is 4.98 Å². The van der Waals surface area contributed by atoms with Gasteiger partial charge in [-0.05, 0) is 37.5 Å². The van der Waals surface area contributed by atoms with Crippen LogP contribution in [0.5, 0.6) is 5.75 Å². The van der Waals surface area contributed by atoms with Gasteiger partial charge >= 0.3 is 0 Å². The lowest BCUT2D eigenvalue weighted by molar-refractivity contribution is -0.129. The zero-order valence-electron chi connectivity index (χ0n) is 19.2. The molecule has 4 rings (SSSR count). The minimum absolute atomic E-state index is 0.0664. The number of carbonyl (C=O) groups is 2. The van der Waals surface area contributed by atoms with Gasteiger partial charge in [0.15, 0.2) is 6.10 Å². The summed E-state index contributed by atoms with van der Waals surface area (Å²) < 4.78 is 5.97. The van der Waals surface area contributed by atoms with E-state index in [9.17, 15) is 9.59 Å². The highest BCUT2D eigenvalue weighted by Gasteiger charge is 2.34. The number of ether oxygens (including phenoxy) is 1. The van der Waals surface area contributed by atoms with Crippen LogP contribution in [0, 0.1) is 6.92 Å². The van der Waals surface area contributed by atoms with E-state index in [1.807, 2.05) is 68.6 Å². The van der Waals surface area contributed by atoms with E-state index in [4.69, 9.17) is 4.74 Å². The van der Waals surface area contributed by atoms with Crippen molar-refractivity contribution in [2.75, 3.05) is 11.4 Å². The fourth-order valence-corrected chi connectivity index (χ4v) is 4.58. The minimum Gasteiger partial charge on any atom is -0.477 e. The number of nitrogens with one attached hydrogen (secondary N) is 1. The molecule has 0 bridgehead atoms. The topological polar surface area (TPSA) is 71.5 Å². The second kappa shape index (κ2) is 10.2. The van der Waals surface area contributed by atoms with Crippen LogP contribution in [0.15, 0.2) is 53.9 Å². The Morgan fingerprint density at radius 2 is 1.88 bits per heavy atom. The van der Waals surface area contributed by atoms with E-state index in [0.29, 0.717) is 11.4 Å². The van der Waals surface area contributed by atoms with Gasteiger partial charge in [0.05, 0.1) is 29.4 Å². The molecule has 7 heteroatoms. The summed E-state index contributed by atoms with van der Waals surface area (Å²) in [6.07, 6.45) is 1.21. The molecule has 1 atom stereocenters. The number of amides is 2. The number of fused-ring (bicyclic) bond motifs is 1. The number of rotatable bonds is 7. The maximum absolute atomic E-state index is 13.3. The average Bonchev–Trinajstić information content (AvgIpc) is 3.28. The number of thiazole rings is 1. The Balaban J connectivity index is 1.50. The fraction of sp³-hybridized carbons (Fsp3) is 0.346. The van der Waals surface area contributed by atoms with Crippen molar-refractivity contribution in [2.24, 2.45) is 0 Å². The normalized spacial score (nSPS) is 15.2. The predicted molar refractivity (Wildman–Crippen MR) is 132 cm³/mol. The van der Waals surface area contributed by atoms with Crippen LogP contribution in [0.2, 0.25) is 0 Å². The molecule has 1 aliphatic heterocycles. The molecule has 0 aliphatic carbocycles. The van der Waals surface area contributed by atoms with Crippen LogP contribution in [-0.2, 0) is 16.0 Å². The predicted octanol–water partition coefficient (Wildman–Crippen LogP) is 4.76. The fourth-order valence-electron chi connectivity index (χ4n) is 3.95. The van der Waals surface area contributed by atoms with E-state index in [-0.39, 0.29) is 30.8 Å². The van der Waals surface area contributed by atoms with Crippen molar-refractivity contribution < 1.29 is 14.3 Å². The molecule has 3 aromatic rings. The summed E-state index contributed by atoms with van der Waals surface area (Å²) in [6.45, 7) is 6.27. The second-order valence-electron chi connectivity index (χ2n) is 8.23. The zero-order chi connectivity index (χ0) is 23.4. The van der Waals surface area contributed by atoms with Crippen LogP contribution in [0.1, 0.15) is 37.3 Å². The molecule has 172 valence electrons. The summed E-state index contributed by atoms with van der Waals surface area (Å²) in [5.41, 5.74) is 3.59. The summed E-state index contributed by atoms with van der Waals surface area (Å²) in [4.78, 5) is 32.4. The minimum atomic E-state index is -0.736. The third kappa shape index (κ3) is 5.25. The van der Waals surface area contributed by atoms with Crippen LogP contribution in [-0.4, -0.2) is 35.5 Å². The number of para-hydroxylation sites is 2. The Morgan fingerprint density at radius 1 is 1.15 bits per heavy atom. The first-order chi connectivity index (χ1) is 16.0. The Morgan fingerprint density at radius 3 is 2.55 bits per heavy atom. The highest BCUT2D eigenvalue weighted by atomic mass is 32.1. The molecule has 0 fully saturated rings. The van der Waals surface area contributed by atoms with Crippen molar-refractivity contribution in [3.63, 3.8) is 0 Å². The monoisotopic (exact) mass is 463 g/mol. The van der Waals surface area contributed by atoms with Crippen molar-refractivity contribution in [3.8, 4) is 17.0 Å². The van der Waals surface area contributed by atoms with Crippen LogP contribution >= 0.6 is 11.3 Å². The molecule has 0 saturated heterocycles. The van der Waals surface area contributed by atoms with Gasteiger partial charge < -0.3 is 15.0 Å². The van der Waals surface area contributed by atoms with E-state index < -0.39 is 6.10 Å². The summed E-state index contributed by atoms with van der Waals surface area (Å²) in [5, 5.41) is 6.10. The highest BCUT2D eigenvalue weighted by Crippen LogP contribution is 2.34. The largest absolute Gasteiger partial charge is 0.477 e. The zero-order valence-corrected chi connectivity index (χ0v) is 20.0. The van der Waals surface area contributed by atoms with E-state index in [1.54, 1.807) is 22.3 Å². The molecule has 2 heterocycles. The Kier molecular flexibility index (Phi) is 7.08. The standard InChI is InChI=1S/C26H29N3O3S/c1-4-20(5-2)28-26(31)24-15-29(22-8-6-7-9-23(22)32-24)25(30)14-18-10-12-19(13-11-18)21-16-33-17(3)27-21/h6-13,16,20,24H,4-5,14-15H2,1-3H3,(H,28,31). The number of carbonyl (C=O) groups excluding carboxylic acids is 2. The molecule has 0 spiro atoms. The van der Waals surface area contributed by atoms with Gasteiger partial charge in [0.1, 0.15) is 5.75 Å². The molecule has 0 saturated carbocycles. The van der Waals surface area contributed by atoms with E-state index in [2.05, 4.69) is 10.3 Å². The van der Waals surface area contributed by atoms with Crippen molar-refractivity contribution >= 4 is 28.8 Å². The summed E-state index contributed by atoms with van der Waals surface area (Å²) in [7, 11) is 0.